The number of fused-ring (bicyclic) bond motifs is 1. The van der Waals surface area contributed by atoms with E-state index in [1.54, 1.807) is 14.2 Å². The molecule has 34 heavy (non-hydrogen) atoms. The van der Waals surface area contributed by atoms with E-state index in [4.69, 9.17) is 14.5 Å². The number of hydrogen-bond acceptors (Lipinski definition) is 6. The summed E-state index contributed by atoms with van der Waals surface area (Å²) in [6.07, 6.45) is 6.25. The first kappa shape index (κ1) is 23.5. The second kappa shape index (κ2) is 10.1. The van der Waals surface area contributed by atoms with Crippen molar-refractivity contribution in [2.24, 2.45) is 0 Å². The van der Waals surface area contributed by atoms with Gasteiger partial charge in [0.05, 0.1) is 19.7 Å². The zero-order valence-corrected chi connectivity index (χ0v) is 20.4. The van der Waals surface area contributed by atoms with Gasteiger partial charge in [-0.25, -0.2) is 9.97 Å². The minimum Gasteiger partial charge on any atom is -0.496 e. The van der Waals surface area contributed by atoms with Crippen LogP contribution in [0.5, 0.6) is 11.5 Å². The Labute approximate surface area is 200 Å². The molecule has 1 unspecified atom stereocenters. The van der Waals surface area contributed by atoms with E-state index in [9.17, 15) is 4.79 Å². The van der Waals surface area contributed by atoms with Crippen LogP contribution in [0.2, 0.25) is 0 Å². The van der Waals surface area contributed by atoms with Gasteiger partial charge in [0.15, 0.2) is 0 Å². The molecule has 3 aromatic rings. The van der Waals surface area contributed by atoms with Gasteiger partial charge in [-0.05, 0) is 73.6 Å². The number of anilines is 1. The van der Waals surface area contributed by atoms with E-state index in [-0.39, 0.29) is 11.9 Å². The van der Waals surface area contributed by atoms with Crippen molar-refractivity contribution in [1.82, 2.24) is 14.9 Å². The number of benzene rings is 2. The number of amides is 1. The van der Waals surface area contributed by atoms with Gasteiger partial charge in [-0.1, -0.05) is 12.6 Å². The van der Waals surface area contributed by atoms with Crippen molar-refractivity contribution in [3.8, 4) is 22.6 Å². The number of rotatable bonds is 6. The van der Waals surface area contributed by atoms with Crippen LogP contribution in [0.4, 0.5) is 5.95 Å². The van der Waals surface area contributed by atoms with Crippen LogP contribution in [-0.4, -0.2) is 54.1 Å². The number of aromatic nitrogens is 2. The molecule has 1 N–H and O–H groups in total. The Kier molecular flexibility index (Phi) is 7.01. The number of hydrogen-bond donors (Lipinski definition) is 1. The lowest BCUT2D eigenvalue weighted by atomic mass is 9.93. The minimum absolute atomic E-state index is 0.0274. The van der Waals surface area contributed by atoms with E-state index in [1.807, 2.05) is 23.2 Å². The molecule has 0 spiro atoms. The van der Waals surface area contributed by atoms with E-state index >= 15 is 0 Å². The van der Waals surface area contributed by atoms with E-state index in [0.717, 1.165) is 70.5 Å². The van der Waals surface area contributed by atoms with E-state index in [1.165, 1.54) is 6.08 Å². The largest absolute Gasteiger partial charge is 0.496 e. The van der Waals surface area contributed by atoms with E-state index < -0.39 is 0 Å². The Morgan fingerprint density at radius 1 is 1.15 bits per heavy atom. The molecule has 2 aromatic carbocycles. The lowest BCUT2D eigenvalue weighted by molar-refractivity contribution is -0.126. The quantitative estimate of drug-likeness (QED) is 0.527. The Balaban J connectivity index is 1.62. The Morgan fingerprint density at radius 2 is 1.88 bits per heavy atom. The number of ether oxygens (including phenoxy) is 2. The van der Waals surface area contributed by atoms with Crippen LogP contribution in [0.3, 0.4) is 0 Å². The highest BCUT2D eigenvalue weighted by Crippen LogP contribution is 2.39. The summed E-state index contributed by atoms with van der Waals surface area (Å²) in [5.41, 5.74) is 5.13. The van der Waals surface area contributed by atoms with Gasteiger partial charge in [-0.3, -0.25) is 4.79 Å². The van der Waals surface area contributed by atoms with Crippen LogP contribution in [0.25, 0.3) is 22.0 Å². The third kappa shape index (κ3) is 4.69. The molecule has 1 aliphatic rings. The highest BCUT2D eigenvalue weighted by molar-refractivity contribution is 5.88. The predicted molar refractivity (Wildman–Crippen MR) is 136 cm³/mol. The maximum atomic E-state index is 12.1. The summed E-state index contributed by atoms with van der Waals surface area (Å²) >= 11 is 0. The monoisotopic (exact) mass is 460 g/mol. The SMILES string of the molecule is C=CC(=O)N1CCCCC(Nc2ncc3cc(-c4c(C)c(OC)cc(OC)c4C)ccc3n2)C1. The fourth-order valence-corrected chi connectivity index (χ4v) is 4.75. The number of likely N-dealkylation sites (tertiary alicyclic amines) is 1. The van der Waals surface area contributed by atoms with Gasteiger partial charge >= 0.3 is 0 Å². The average molecular weight is 461 g/mol. The highest BCUT2D eigenvalue weighted by atomic mass is 16.5. The molecule has 1 fully saturated rings. The lowest BCUT2D eigenvalue weighted by Gasteiger charge is -2.24. The molecule has 0 radical (unpaired) electrons. The zero-order chi connectivity index (χ0) is 24.2. The standard InChI is InChI=1S/C27H32N4O3/c1-6-25(32)31-12-8-7-9-21(16-31)29-27-28-15-20-13-19(10-11-22(20)30-27)26-17(2)23(33-4)14-24(34-5)18(26)3/h6,10-11,13-15,21H,1,7-9,12,16H2,2-5H3,(H,28,29,30). The van der Waals surface area contributed by atoms with Crippen LogP contribution in [0.15, 0.2) is 43.1 Å². The normalized spacial score (nSPS) is 16.1. The fraction of sp³-hybridized carbons (Fsp3) is 0.370. The van der Waals surface area contributed by atoms with Crippen LogP contribution < -0.4 is 14.8 Å². The molecule has 1 aliphatic heterocycles. The third-order valence-corrected chi connectivity index (χ3v) is 6.55. The first-order chi connectivity index (χ1) is 16.4. The van der Waals surface area contributed by atoms with E-state index in [0.29, 0.717) is 12.5 Å². The second-order valence-electron chi connectivity index (χ2n) is 8.70. The molecular formula is C27H32N4O3. The minimum atomic E-state index is -0.0274. The predicted octanol–water partition coefficient (Wildman–Crippen LogP) is 4.91. The van der Waals surface area contributed by atoms with Crippen LogP contribution in [0.1, 0.15) is 30.4 Å². The van der Waals surface area contributed by atoms with Gasteiger partial charge in [0.25, 0.3) is 0 Å². The molecule has 7 heteroatoms. The molecular weight excluding hydrogens is 428 g/mol. The van der Waals surface area contributed by atoms with Crippen LogP contribution in [-0.2, 0) is 4.79 Å². The average Bonchev–Trinajstić information content (AvgIpc) is 3.09. The first-order valence-corrected chi connectivity index (χ1v) is 11.6. The second-order valence-corrected chi connectivity index (χ2v) is 8.70. The summed E-state index contributed by atoms with van der Waals surface area (Å²) < 4.78 is 11.2. The number of carbonyl (C=O) groups is 1. The highest BCUT2D eigenvalue weighted by Gasteiger charge is 2.21. The van der Waals surface area contributed by atoms with Crippen molar-refractivity contribution in [3.05, 3.63) is 54.2 Å². The summed E-state index contributed by atoms with van der Waals surface area (Å²) in [5, 5.41) is 4.38. The number of nitrogens with zero attached hydrogens (tertiary/aromatic N) is 3. The maximum absolute atomic E-state index is 12.1. The van der Waals surface area contributed by atoms with Gasteiger partial charge in [-0.2, -0.15) is 0 Å². The summed E-state index contributed by atoms with van der Waals surface area (Å²) in [7, 11) is 3.34. The molecule has 0 aliphatic carbocycles. The molecule has 1 atom stereocenters. The van der Waals surface area contributed by atoms with Gasteiger partial charge in [0.1, 0.15) is 11.5 Å². The molecule has 1 saturated heterocycles. The summed E-state index contributed by atoms with van der Waals surface area (Å²) in [6.45, 7) is 9.12. The number of carbonyl (C=O) groups excluding carboxylic acids is 1. The van der Waals surface area contributed by atoms with Crippen molar-refractivity contribution in [2.75, 3.05) is 32.6 Å². The molecule has 178 valence electrons. The van der Waals surface area contributed by atoms with E-state index in [2.05, 4.69) is 42.9 Å². The number of nitrogens with one attached hydrogen (secondary N) is 1. The molecule has 2 heterocycles. The molecule has 7 nitrogen and oxygen atoms in total. The third-order valence-electron chi connectivity index (χ3n) is 6.55. The summed E-state index contributed by atoms with van der Waals surface area (Å²) in [6, 6.07) is 8.22. The van der Waals surface area contributed by atoms with Crippen LogP contribution >= 0.6 is 0 Å². The van der Waals surface area contributed by atoms with Crippen molar-refractivity contribution >= 4 is 22.8 Å². The van der Waals surface area contributed by atoms with Crippen molar-refractivity contribution < 1.29 is 14.3 Å². The molecule has 0 saturated carbocycles. The zero-order valence-electron chi connectivity index (χ0n) is 20.4. The summed E-state index contributed by atoms with van der Waals surface area (Å²) in [5.74, 6) is 2.13. The van der Waals surface area contributed by atoms with Gasteiger partial charge in [0.2, 0.25) is 11.9 Å². The first-order valence-electron chi connectivity index (χ1n) is 11.6. The molecule has 4 rings (SSSR count). The molecule has 1 aromatic heterocycles. The smallest absolute Gasteiger partial charge is 0.246 e. The van der Waals surface area contributed by atoms with Crippen molar-refractivity contribution in [3.63, 3.8) is 0 Å². The Hall–Kier alpha value is -3.61. The van der Waals surface area contributed by atoms with Gasteiger partial charge < -0.3 is 19.7 Å². The summed E-state index contributed by atoms with van der Waals surface area (Å²) in [4.78, 5) is 23.3. The topological polar surface area (TPSA) is 76.6 Å². The van der Waals surface area contributed by atoms with Gasteiger partial charge in [0, 0.05) is 36.8 Å². The van der Waals surface area contributed by atoms with Gasteiger partial charge in [-0.15, -0.1) is 0 Å². The molecule has 1 amide bonds. The maximum Gasteiger partial charge on any atom is 0.246 e. The Morgan fingerprint density at radius 3 is 2.56 bits per heavy atom. The lowest BCUT2D eigenvalue weighted by Crippen LogP contribution is -2.38. The van der Waals surface area contributed by atoms with Crippen molar-refractivity contribution in [1.29, 1.82) is 0 Å². The van der Waals surface area contributed by atoms with Crippen LogP contribution in [0, 0.1) is 13.8 Å². The van der Waals surface area contributed by atoms with Crippen molar-refractivity contribution in [2.45, 2.75) is 39.2 Å². The Bertz CT molecular complexity index is 1200. The molecule has 0 bridgehead atoms. The fourth-order valence-electron chi connectivity index (χ4n) is 4.75. The number of methoxy groups -OCH3 is 2.